The lowest BCUT2D eigenvalue weighted by Crippen LogP contribution is -2.31. The van der Waals surface area contributed by atoms with Crippen LogP contribution in [-0.4, -0.2) is 18.9 Å². The zero-order chi connectivity index (χ0) is 19.3. The molecule has 0 heterocycles. The van der Waals surface area contributed by atoms with Gasteiger partial charge in [-0.15, -0.1) is 0 Å². The fourth-order valence-electron chi connectivity index (χ4n) is 2.15. The maximum absolute atomic E-state index is 12.3. The molecule has 2 aromatic rings. The lowest BCUT2D eigenvalue weighted by Gasteiger charge is -2.10. The molecule has 1 N–H and O–H groups in total. The summed E-state index contributed by atoms with van der Waals surface area (Å²) in [5, 5.41) is 3.78. The third-order valence-corrected chi connectivity index (χ3v) is 4.60. The highest BCUT2D eigenvalue weighted by molar-refractivity contribution is 6.37. The van der Waals surface area contributed by atoms with Crippen molar-refractivity contribution in [2.75, 3.05) is 7.11 Å². The summed E-state index contributed by atoms with van der Waals surface area (Å²) in [4.78, 5) is 16.5. The maximum Gasteiger partial charge on any atom is 0.306 e. The van der Waals surface area contributed by atoms with Gasteiger partial charge >= 0.3 is 5.91 Å². The van der Waals surface area contributed by atoms with Gasteiger partial charge < -0.3 is 10.1 Å². The van der Waals surface area contributed by atoms with E-state index < -0.39 is 5.91 Å². The molecule has 136 valence electrons. The number of nitrogens with zero attached hydrogens (tertiary/aromatic N) is 1. The Labute approximate surface area is 163 Å². The van der Waals surface area contributed by atoms with Crippen LogP contribution >= 0.6 is 23.2 Å². The van der Waals surface area contributed by atoms with Gasteiger partial charge in [0.25, 0.3) is 5.90 Å². The van der Waals surface area contributed by atoms with Crippen molar-refractivity contribution in [3.63, 3.8) is 0 Å². The van der Waals surface area contributed by atoms with Crippen LogP contribution in [-0.2, 0) is 16.1 Å². The normalized spacial score (nSPS) is 11.2. The molecule has 0 aliphatic carbocycles. The van der Waals surface area contributed by atoms with Gasteiger partial charge in [0.2, 0.25) is 0 Å². The molecule has 6 heteroatoms. The van der Waals surface area contributed by atoms with Gasteiger partial charge in [-0.2, -0.15) is 0 Å². The van der Waals surface area contributed by atoms with E-state index in [-0.39, 0.29) is 5.90 Å². The molecule has 0 aliphatic heterocycles. The number of ether oxygens (including phenoxy) is 1. The molecule has 0 bridgehead atoms. The largest absolute Gasteiger partial charge is 0.477 e. The molecular weight excluding hydrogens is 371 g/mol. The number of hydrogen-bond acceptors (Lipinski definition) is 3. The molecule has 1 amide bonds. The second-order valence-electron chi connectivity index (χ2n) is 5.80. The lowest BCUT2D eigenvalue weighted by atomic mass is 10.1. The first-order valence-electron chi connectivity index (χ1n) is 7.93. The molecule has 0 spiro atoms. The standard InChI is InChI=1S/C20H20Cl2N2O2/c1-12-5-7-15(8-6-12)11-23-19(25)20(26-4)24-14(3)16-9-17(21)13(2)18(22)10-16/h5-10H,3,11H2,1-2,4H3,(H,23,25). The van der Waals surface area contributed by atoms with E-state index in [9.17, 15) is 4.79 Å². The van der Waals surface area contributed by atoms with Gasteiger partial charge in [0, 0.05) is 22.2 Å². The number of carbonyl (C=O) groups is 1. The van der Waals surface area contributed by atoms with Crippen LogP contribution in [0.4, 0.5) is 0 Å². The zero-order valence-electron chi connectivity index (χ0n) is 14.9. The maximum atomic E-state index is 12.3. The highest BCUT2D eigenvalue weighted by atomic mass is 35.5. The minimum absolute atomic E-state index is 0.0880. The highest BCUT2D eigenvalue weighted by Crippen LogP contribution is 2.28. The molecule has 0 fully saturated rings. The van der Waals surface area contributed by atoms with Crippen LogP contribution < -0.4 is 5.32 Å². The SMILES string of the molecule is C=C(N=C(OC)C(=O)NCc1ccc(C)cc1)c1cc(Cl)c(C)c(Cl)c1. The Hall–Kier alpha value is -2.30. The Balaban J connectivity index is 2.11. The van der Waals surface area contributed by atoms with Gasteiger partial charge in [0.15, 0.2) is 0 Å². The van der Waals surface area contributed by atoms with Crippen LogP contribution in [0.5, 0.6) is 0 Å². The minimum Gasteiger partial charge on any atom is -0.477 e. The van der Waals surface area contributed by atoms with Crippen LogP contribution in [0.25, 0.3) is 5.70 Å². The quantitative estimate of drug-likeness (QED) is 0.593. The van der Waals surface area contributed by atoms with E-state index >= 15 is 0 Å². The average Bonchev–Trinajstić information content (AvgIpc) is 2.62. The van der Waals surface area contributed by atoms with Gasteiger partial charge in [-0.1, -0.05) is 59.6 Å². The summed E-state index contributed by atoms with van der Waals surface area (Å²) in [6.07, 6.45) is 0. The molecule has 0 aliphatic rings. The fourth-order valence-corrected chi connectivity index (χ4v) is 2.64. The number of benzene rings is 2. The van der Waals surface area contributed by atoms with Gasteiger partial charge in [-0.25, -0.2) is 4.99 Å². The van der Waals surface area contributed by atoms with Crippen molar-refractivity contribution in [3.05, 3.63) is 75.3 Å². The van der Waals surface area contributed by atoms with Crippen molar-refractivity contribution in [2.24, 2.45) is 4.99 Å². The second-order valence-corrected chi connectivity index (χ2v) is 6.62. The Bertz CT molecular complexity index is 836. The Kier molecular flexibility index (Phi) is 6.83. The number of aryl methyl sites for hydroxylation is 1. The molecule has 0 atom stereocenters. The van der Waals surface area contributed by atoms with Crippen LogP contribution in [0.15, 0.2) is 48.0 Å². The third-order valence-electron chi connectivity index (χ3n) is 3.81. The van der Waals surface area contributed by atoms with E-state index in [1.165, 1.54) is 7.11 Å². The molecular formula is C20H20Cl2N2O2. The first-order valence-corrected chi connectivity index (χ1v) is 8.68. The van der Waals surface area contributed by atoms with Crippen molar-refractivity contribution in [1.82, 2.24) is 5.32 Å². The first kappa shape index (κ1) is 20.0. The summed E-state index contributed by atoms with van der Waals surface area (Å²) in [5.41, 5.74) is 3.86. The lowest BCUT2D eigenvalue weighted by molar-refractivity contribution is -0.116. The minimum atomic E-state index is -0.432. The number of aliphatic imine (C=N–C) groups is 1. The molecule has 26 heavy (non-hydrogen) atoms. The van der Waals surface area contributed by atoms with Gasteiger partial charge in [-0.3, -0.25) is 4.79 Å². The Morgan fingerprint density at radius 3 is 2.27 bits per heavy atom. The molecule has 2 aromatic carbocycles. The molecule has 0 saturated heterocycles. The van der Waals surface area contributed by atoms with Crippen LogP contribution in [0.1, 0.15) is 22.3 Å². The van der Waals surface area contributed by atoms with E-state index in [1.54, 1.807) is 12.1 Å². The highest BCUT2D eigenvalue weighted by Gasteiger charge is 2.14. The number of rotatable bonds is 4. The number of hydrogen-bond donors (Lipinski definition) is 1. The smallest absolute Gasteiger partial charge is 0.306 e. The number of amides is 1. The van der Waals surface area contributed by atoms with Crippen molar-refractivity contribution >= 4 is 40.7 Å². The number of carbonyl (C=O) groups excluding carboxylic acids is 1. The summed E-state index contributed by atoms with van der Waals surface area (Å²) in [6.45, 7) is 8.07. The van der Waals surface area contributed by atoms with Crippen molar-refractivity contribution in [3.8, 4) is 0 Å². The topological polar surface area (TPSA) is 50.7 Å². The van der Waals surface area contributed by atoms with Crippen LogP contribution in [0.3, 0.4) is 0 Å². The van der Waals surface area contributed by atoms with Gasteiger partial charge in [0.05, 0.1) is 12.8 Å². The van der Waals surface area contributed by atoms with Crippen LogP contribution in [0.2, 0.25) is 10.0 Å². The van der Waals surface area contributed by atoms with E-state index in [1.807, 2.05) is 38.1 Å². The summed E-state index contributed by atoms with van der Waals surface area (Å²) >= 11 is 12.3. The third kappa shape index (κ3) is 5.10. The molecule has 2 rings (SSSR count). The van der Waals surface area contributed by atoms with Gasteiger partial charge in [0.1, 0.15) is 0 Å². The number of methoxy groups -OCH3 is 1. The summed E-state index contributed by atoms with van der Waals surface area (Å²) < 4.78 is 5.11. The number of halogens is 2. The van der Waals surface area contributed by atoms with E-state index in [2.05, 4.69) is 16.9 Å². The van der Waals surface area contributed by atoms with Crippen LogP contribution in [0, 0.1) is 13.8 Å². The predicted molar refractivity (Wildman–Crippen MR) is 108 cm³/mol. The van der Waals surface area contributed by atoms with Gasteiger partial charge in [-0.05, 0) is 37.1 Å². The van der Waals surface area contributed by atoms with Crippen molar-refractivity contribution in [2.45, 2.75) is 20.4 Å². The predicted octanol–water partition coefficient (Wildman–Crippen LogP) is 4.94. The van der Waals surface area contributed by atoms with E-state index in [4.69, 9.17) is 27.9 Å². The number of nitrogens with one attached hydrogen (secondary N) is 1. The van der Waals surface area contributed by atoms with Crippen molar-refractivity contribution in [1.29, 1.82) is 0 Å². The molecule has 0 saturated carbocycles. The van der Waals surface area contributed by atoms with Crippen molar-refractivity contribution < 1.29 is 9.53 Å². The summed E-state index contributed by atoms with van der Waals surface area (Å²) in [7, 11) is 1.38. The van der Waals surface area contributed by atoms with E-state index in [0.717, 1.165) is 16.7 Å². The molecule has 4 nitrogen and oxygen atoms in total. The molecule has 0 radical (unpaired) electrons. The fraction of sp³-hybridized carbons (Fsp3) is 0.200. The monoisotopic (exact) mass is 390 g/mol. The molecule has 0 aromatic heterocycles. The zero-order valence-corrected chi connectivity index (χ0v) is 16.4. The second kappa shape index (κ2) is 8.88. The Morgan fingerprint density at radius 2 is 1.73 bits per heavy atom. The Morgan fingerprint density at radius 1 is 1.15 bits per heavy atom. The first-order chi connectivity index (χ1) is 12.3. The summed E-state index contributed by atoms with van der Waals surface area (Å²) in [6, 6.07) is 11.3. The molecule has 0 unspecified atom stereocenters. The van der Waals surface area contributed by atoms with E-state index in [0.29, 0.717) is 27.9 Å². The average molecular weight is 391 g/mol. The summed E-state index contributed by atoms with van der Waals surface area (Å²) in [5.74, 6) is -0.520.